The van der Waals surface area contributed by atoms with Crippen LogP contribution in [-0.4, -0.2) is 47.4 Å². The third-order valence-corrected chi connectivity index (χ3v) is 4.66. The van der Waals surface area contributed by atoms with E-state index in [2.05, 4.69) is 15.6 Å². The first-order valence-corrected chi connectivity index (χ1v) is 11.1. The Balaban J connectivity index is 0.00000101. The van der Waals surface area contributed by atoms with E-state index in [0.29, 0.717) is 18.6 Å². The molecule has 1 heterocycles. The molecule has 0 aliphatic heterocycles. The molecule has 0 bridgehead atoms. The van der Waals surface area contributed by atoms with Crippen molar-refractivity contribution in [3.63, 3.8) is 0 Å². The molecule has 0 radical (unpaired) electrons. The number of carboxylic acids is 1. The van der Waals surface area contributed by atoms with Gasteiger partial charge in [0.2, 0.25) is 0 Å². The summed E-state index contributed by atoms with van der Waals surface area (Å²) in [5.74, 6) is -3.51. The highest BCUT2D eigenvalue weighted by molar-refractivity contribution is 5.81. The number of benzene rings is 1. The molecule has 2 amide bonds. The first kappa shape index (κ1) is 34.0. The van der Waals surface area contributed by atoms with Crippen molar-refractivity contribution in [1.82, 2.24) is 15.6 Å². The summed E-state index contributed by atoms with van der Waals surface area (Å²) in [6.07, 6.45) is -12.1. The number of pyridine rings is 1. The molecule has 17 heteroatoms. The van der Waals surface area contributed by atoms with Crippen LogP contribution in [0.15, 0.2) is 42.6 Å². The lowest BCUT2D eigenvalue weighted by Crippen LogP contribution is -2.41. The third-order valence-electron chi connectivity index (χ3n) is 4.66. The number of nitrogens with zero attached hydrogens (tertiary/aromatic N) is 1. The smallest absolute Gasteiger partial charge is 0.475 e. The van der Waals surface area contributed by atoms with Gasteiger partial charge in [0.1, 0.15) is 6.54 Å². The number of urea groups is 1. The Morgan fingerprint density at radius 1 is 0.950 bits per heavy atom. The molecule has 0 fully saturated rings. The molecular weight excluding hydrogens is 569 g/mol. The van der Waals surface area contributed by atoms with Crippen LogP contribution in [0.4, 0.5) is 44.3 Å². The van der Waals surface area contributed by atoms with Crippen molar-refractivity contribution in [1.29, 1.82) is 0 Å². The number of amides is 2. The minimum atomic E-state index is -5.08. The van der Waals surface area contributed by atoms with Gasteiger partial charge in [-0.25, -0.2) is 9.59 Å². The molecule has 0 spiro atoms. The van der Waals surface area contributed by atoms with Crippen LogP contribution in [-0.2, 0) is 26.7 Å². The van der Waals surface area contributed by atoms with Gasteiger partial charge in [0.05, 0.1) is 29.5 Å². The van der Waals surface area contributed by atoms with Crippen LogP contribution in [0.3, 0.4) is 0 Å². The minimum Gasteiger partial charge on any atom is -0.475 e. The highest BCUT2D eigenvalue weighted by Gasteiger charge is 2.39. The van der Waals surface area contributed by atoms with Crippen LogP contribution in [0.5, 0.6) is 0 Å². The molecule has 40 heavy (non-hydrogen) atoms. The number of carboxylic acid groups (broad SMARTS) is 1. The molecule has 0 unspecified atom stereocenters. The van der Waals surface area contributed by atoms with E-state index in [1.807, 2.05) is 6.92 Å². The van der Waals surface area contributed by atoms with E-state index in [1.54, 1.807) is 0 Å². The van der Waals surface area contributed by atoms with Crippen LogP contribution in [0, 0.1) is 0 Å². The van der Waals surface area contributed by atoms with Gasteiger partial charge in [-0.2, -0.15) is 39.5 Å². The second-order valence-corrected chi connectivity index (χ2v) is 7.69. The molecule has 0 aliphatic rings. The van der Waals surface area contributed by atoms with Crippen molar-refractivity contribution in [2.45, 2.75) is 44.3 Å². The highest BCUT2D eigenvalue weighted by Crippen LogP contribution is 2.36. The van der Waals surface area contributed by atoms with Gasteiger partial charge >= 0.3 is 36.5 Å². The summed E-state index contributed by atoms with van der Waals surface area (Å²) in [5.41, 5.74) is -2.88. The van der Waals surface area contributed by atoms with Gasteiger partial charge in [-0.1, -0.05) is 25.5 Å². The molecule has 0 saturated carbocycles. The second kappa shape index (κ2) is 14.4. The fraction of sp³-hybridized carbons (Fsp3) is 0.391. The van der Waals surface area contributed by atoms with Crippen LogP contribution in [0.2, 0.25) is 0 Å². The van der Waals surface area contributed by atoms with Gasteiger partial charge in [0.25, 0.3) is 0 Å². The summed E-state index contributed by atoms with van der Waals surface area (Å²) < 4.78 is 116. The van der Waals surface area contributed by atoms with E-state index < -0.39 is 65.9 Å². The number of unbranched alkanes of at least 4 members (excludes halogenated alkanes) is 1. The maximum atomic E-state index is 13.5. The molecule has 0 aliphatic carbocycles. The number of hydrogen-bond acceptors (Lipinski definition) is 5. The summed E-state index contributed by atoms with van der Waals surface area (Å²) in [7, 11) is 0. The Morgan fingerprint density at radius 2 is 1.52 bits per heavy atom. The van der Waals surface area contributed by atoms with Crippen molar-refractivity contribution < 1.29 is 63.7 Å². The quantitative estimate of drug-likeness (QED) is 0.213. The zero-order valence-corrected chi connectivity index (χ0v) is 20.4. The number of esters is 1. The van der Waals surface area contributed by atoms with E-state index in [4.69, 9.17) is 14.6 Å². The number of ether oxygens (including phenoxy) is 1. The van der Waals surface area contributed by atoms with Crippen molar-refractivity contribution in [2.75, 3.05) is 13.2 Å². The molecule has 2 aromatic rings. The van der Waals surface area contributed by atoms with Crippen LogP contribution in [0.25, 0.3) is 0 Å². The standard InChI is InChI=1S/C21H21F6N3O3.C2HF3O2/c1-2-3-11-33-16(31)12-29-19(32)30-17(13-6-8-14(9-7-13)20(22,23)24)18-15(21(25,26)27)5-4-10-28-18;3-2(4,5)1(6)7/h4-10,17H,2-3,11-12H2,1H3,(H2,29,30,32);(H,6,7)/t17-;/m0./s1. The SMILES string of the molecule is CCCCOC(=O)CNC(=O)N[C@@H](c1ccc(C(F)(F)F)cc1)c1ncccc1C(F)(F)F.O=C(O)C(F)(F)F. The third kappa shape index (κ3) is 11.4. The zero-order chi connectivity index (χ0) is 30.7. The zero-order valence-electron chi connectivity index (χ0n) is 20.4. The lowest BCUT2D eigenvalue weighted by atomic mass is 9.98. The van der Waals surface area contributed by atoms with Crippen molar-refractivity contribution >= 4 is 18.0 Å². The number of aromatic nitrogens is 1. The molecule has 1 atom stereocenters. The number of halogens is 9. The number of nitrogens with one attached hydrogen (secondary N) is 2. The number of carbonyl (C=O) groups excluding carboxylic acids is 2. The van der Waals surface area contributed by atoms with E-state index in [-0.39, 0.29) is 12.2 Å². The molecule has 0 saturated heterocycles. The highest BCUT2D eigenvalue weighted by atomic mass is 19.4. The summed E-state index contributed by atoms with van der Waals surface area (Å²) in [5, 5.41) is 11.5. The number of alkyl halides is 9. The minimum absolute atomic E-state index is 0.0760. The fourth-order valence-electron chi connectivity index (χ4n) is 2.78. The summed E-state index contributed by atoms with van der Waals surface area (Å²) in [6.45, 7) is 1.48. The predicted octanol–water partition coefficient (Wildman–Crippen LogP) is 5.48. The Kier molecular flexibility index (Phi) is 12.2. The summed E-state index contributed by atoms with van der Waals surface area (Å²) >= 11 is 0. The lowest BCUT2D eigenvalue weighted by Gasteiger charge is -2.23. The van der Waals surface area contributed by atoms with Crippen molar-refractivity contribution in [3.05, 3.63) is 65.0 Å². The van der Waals surface area contributed by atoms with Gasteiger partial charge in [-0.3, -0.25) is 9.78 Å². The number of rotatable bonds is 8. The van der Waals surface area contributed by atoms with Gasteiger partial charge in [0, 0.05) is 6.20 Å². The molecular formula is C23H22F9N3O5. The lowest BCUT2D eigenvalue weighted by molar-refractivity contribution is -0.192. The van der Waals surface area contributed by atoms with Gasteiger partial charge in [0.15, 0.2) is 0 Å². The topological polar surface area (TPSA) is 118 Å². The van der Waals surface area contributed by atoms with Crippen molar-refractivity contribution in [2.24, 2.45) is 0 Å². The summed E-state index contributed by atoms with van der Waals surface area (Å²) in [4.78, 5) is 36.5. The van der Waals surface area contributed by atoms with Crippen LogP contribution >= 0.6 is 0 Å². The molecule has 222 valence electrons. The molecule has 1 aromatic heterocycles. The molecule has 2 rings (SSSR count). The Morgan fingerprint density at radius 3 is 2.00 bits per heavy atom. The number of carbonyl (C=O) groups is 3. The van der Waals surface area contributed by atoms with E-state index >= 15 is 0 Å². The molecule has 1 aromatic carbocycles. The largest absolute Gasteiger partial charge is 0.490 e. The van der Waals surface area contributed by atoms with Crippen LogP contribution in [0.1, 0.15) is 48.2 Å². The monoisotopic (exact) mass is 591 g/mol. The maximum Gasteiger partial charge on any atom is 0.490 e. The number of aliphatic carboxylic acids is 1. The van der Waals surface area contributed by atoms with Gasteiger partial charge in [-0.05, 0) is 36.2 Å². The molecule has 8 nitrogen and oxygen atoms in total. The Hall–Kier alpha value is -4.05. The van der Waals surface area contributed by atoms with Gasteiger partial charge < -0.3 is 20.5 Å². The average molecular weight is 591 g/mol. The number of hydrogen-bond donors (Lipinski definition) is 3. The van der Waals surface area contributed by atoms with Gasteiger partial charge in [-0.15, -0.1) is 0 Å². The average Bonchev–Trinajstić information content (AvgIpc) is 2.85. The predicted molar refractivity (Wildman–Crippen MR) is 119 cm³/mol. The maximum absolute atomic E-state index is 13.5. The van der Waals surface area contributed by atoms with Crippen LogP contribution < -0.4 is 10.6 Å². The second-order valence-electron chi connectivity index (χ2n) is 7.69. The van der Waals surface area contributed by atoms with E-state index in [1.165, 1.54) is 0 Å². The Bertz CT molecular complexity index is 1130. The fourth-order valence-corrected chi connectivity index (χ4v) is 2.78. The van der Waals surface area contributed by atoms with E-state index in [0.717, 1.165) is 36.9 Å². The molecule has 3 N–H and O–H groups in total. The Labute approximate surface area is 220 Å². The first-order chi connectivity index (χ1) is 18.4. The summed E-state index contributed by atoms with van der Waals surface area (Å²) in [6, 6.07) is 2.45. The van der Waals surface area contributed by atoms with E-state index in [9.17, 15) is 49.1 Å². The normalized spacial score (nSPS) is 12.4. The first-order valence-electron chi connectivity index (χ1n) is 11.1. The van der Waals surface area contributed by atoms with Crippen molar-refractivity contribution in [3.8, 4) is 0 Å².